The molecule has 0 heterocycles. The van der Waals surface area contributed by atoms with Gasteiger partial charge in [-0.15, -0.1) is 0 Å². The van der Waals surface area contributed by atoms with Crippen molar-refractivity contribution < 1.29 is 9.90 Å². The Labute approximate surface area is 82.9 Å². The van der Waals surface area contributed by atoms with E-state index in [4.69, 9.17) is 10.8 Å². The van der Waals surface area contributed by atoms with E-state index in [9.17, 15) is 4.79 Å². The molecule has 0 fully saturated rings. The Morgan fingerprint density at radius 3 is 2.43 bits per heavy atom. The molecule has 3 nitrogen and oxygen atoms in total. The summed E-state index contributed by atoms with van der Waals surface area (Å²) < 4.78 is 0. The minimum Gasteiger partial charge on any atom is -0.508 e. The Morgan fingerprint density at radius 2 is 2.00 bits per heavy atom. The summed E-state index contributed by atoms with van der Waals surface area (Å²) in [6, 6.07) is 6.71. The maximum Gasteiger partial charge on any atom is 0.244 e. The Balaban J connectivity index is 2.78. The number of nitrogens with two attached hydrogens (primary N) is 1. The van der Waals surface area contributed by atoms with Crippen LogP contribution in [0.15, 0.2) is 35.9 Å². The van der Waals surface area contributed by atoms with Crippen LogP contribution in [0, 0.1) is 0 Å². The van der Waals surface area contributed by atoms with Gasteiger partial charge in [0.25, 0.3) is 0 Å². The number of hydrogen-bond acceptors (Lipinski definition) is 2. The van der Waals surface area contributed by atoms with Gasteiger partial charge in [0.05, 0.1) is 0 Å². The van der Waals surface area contributed by atoms with Gasteiger partial charge in [-0.25, -0.2) is 0 Å². The fourth-order valence-electron chi connectivity index (χ4n) is 1.17. The van der Waals surface area contributed by atoms with E-state index in [1.165, 1.54) is 0 Å². The van der Waals surface area contributed by atoms with Crippen LogP contribution in [0.25, 0.3) is 0 Å². The highest BCUT2D eigenvalue weighted by Crippen LogP contribution is 2.13. The molecule has 0 bridgehead atoms. The van der Waals surface area contributed by atoms with Crippen molar-refractivity contribution in [1.82, 2.24) is 0 Å². The fourth-order valence-corrected chi connectivity index (χ4v) is 1.17. The minimum atomic E-state index is -0.402. The lowest BCUT2D eigenvalue weighted by Gasteiger charge is -2.02. The SMILES string of the molecule is CC=C(Cc1ccc(O)cc1)C(N)=O. The number of amides is 1. The normalized spacial score (nSPS) is 11.4. The van der Waals surface area contributed by atoms with Gasteiger partial charge in [-0.2, -0.15) is 0 Å². The van der Waals surface area contributed by atoms with Crippen LogP contribution in [0.4, 0.5) is 0 Å². The van der Waals surface area contributed by atoms with Gasteiger partial charge in [0.1, 0.15) is 5.75 Å². The third kappa shape index (κ3) is 2.62. The first-order valence-corrected chi connectivity index (χ1v) is 4.36. The minimum absolute atomic E-state index is 0.217. The number of phenolic OH excluding ortho intramolecular Hbond substituents is 1. The Hall–Kier alpha value is -1.77. The van der Waals surface area contributed by atoms with Gasteiger partial charge in [0.15, 0.2) is 0 Å². The number of allylic oxidation sites excluding steroid dienone is 1. The topological polar surface area (TPSA) is 63.3 Å². The smallest absolute Gasteiger partial charge is 0.244 e. The third-order valence-electron chi connectivity index (χ3n) is 2.00. The lowest BCUT2D eigenvalue weighted by atomic mass is 10.0. The maximum absolute atomic E-state index is 10.9. The van der Waals surface area contributed by atoms with E-state index in [2.05, 4.69) is 0 Å². The quantitative estimate of drug-likeness (QED) is 0.709. The molecule has 14 heavy (non-hydrogen) atoms. The molecular weight excluding hydrogens is 178 g/mol. The number of aromatic hydroxyl groups is 1. The van der Waals surface area contributed by atoms with E-state index in [-0.39, 0.29) is 5.75 Å². The van der Waals surface area contributed by atoms with Crippen LogP contribution in [0.5, 0.6) is 5.75 Å². The van der Waals surface area contributed by atoms with Crippen LogP contribution in [0.3, 0.4) is 0 Å². The summed E-state index contributed by atoms with van der Waals surface area (Å²) in [5.74, 6) is -0.185. The zero-order valence-corrected chi connectivity index (χ0v) is 8.03. The van der Waals surface area contributed by atoms with Crippen LogP contribution in [0.1, 0.15) is 12.5 Å². The highest BCUT2D eigenvalue weighted by Gasteiger charge is 2.04. The van der Waals surface area contributed by atoms with Crippen molar-refractivity contribution in [2.24, 2.45) is 5.73 Å². The van der Waals surface area contributed by atoms with Crippen LogP contribution in [-0.4, -0.2) is 11.0 Å². The molecule has 0 unspecified atom stereocenters. The zero-order valence-electron chi connectivity index (χ0n) is 8.03. The maximum atomic E-state index is 10.9. The van der Waals surface area contributed by atoms with Crippen molar-refractivity contribution in [3.63, 3.8) is 0 Å². The summed E-state index contributed by atoms with van der Waals surface area (Å²) in [5.41, 5.74) is 6.70. The van der Waals surface area contributed by atoms with E-state index in [1.807, 2.05) is 0 Å². The Morgan fingerprint density at radius 1 is 1.43 bits per heavy atom. The first-order chi connectivity index (χ1) is 6.63. The van der Waals surface area contributed by atoms with Crippen LogP contribution in [0.2, 0.25) is 0 Å². The third-order valence-corrected chi connectivity index (χ3v) is 2.00. The van der Waals surface area contributed by atoms with Gasteiger partial charge < -0.3 is 10.8 Å². The average molecular weight is 191 g/mol. The number of phenols is 1. The summed E-state index contributed by atoms with van der Waals surface area (Å²) >= 11 is 0. The van der Waals surface area contributed by atoms with Crippen molar-refractivity contribution >= 4 is 5.91 Å². The highest BCUT2D eigenvalue weighted by molar-refractivity contribution is 5.92. The fraction of sp³-hybridized carbons (Fsp3) is 0.182. The van der Waals surface area contributed by atoms with Gasteiger partial charge in [0, 0.05) is 12.0 Å². The number of carbonyl (C=O) groups is 1. The van der Waals surface area contributed by atoms with Crippen molar-refractivity contribution in [3.8, 4) is 5.75 Å². The molecule has 0 aliphatic carbocycles. The van der Waals surface area contributed by atoms with Crippen LogP contribution >= 0.6 is 0 Å². The number of carbonyl (C=O) groups excluding carboxylic acids is 1. The summed E-state index contributed by atoms with van der Waals surface area (Å²) in [5, 5.41) is 9.05. The largest absolute Gasteiger partial charge is 0.508 e. The van der Waals surface area contributed by atoms with E-state index in [1.54, 1.807) is 37.3 Å². The van der Waals surface area contributed by atoms with Crippen molar-refractivity contribution in [2.75, 3.05) is 0 Å². The second-order valence-electron chi connectivity index (χ2n) is 3.02. The molecule has 1 aromatic carbocycles. The monoisotopic (exact) mass is 191 g/mol. The molecule has 0 aromatic heterocycles. The molecule has 0 aliphatic rings. The molecule has 3 heteroatoms. The molecule has 0 aliphatic heterocycles. The summed E-state index contributed by atoms with van der Waals surface area (Å²) in [7, 11) is 0. The first-order valence-electron chi connectivity index (χ1n) is 4.36. The number of hydrogen-bond donors (Lipinski definition) is 2. The number of primary amides is 1. The molecule has 1 rings (SSSR count). The lowest BCUT2D eigenvalue weighted by molar-refractivity contribution is -0.114. The average Bonchev–Trinajstić information content (AvgIpc) is 2.16. The second-order valence-corrected chi connectivity index (χ2v) is 3.02. The van der Waals surface area contributed by atoms with Gasteiger partial charge in [-0.3, -0.25) is 4.79 Å². The van der Waals surface area contributed by atoms with Crippen LogP contribution < -0.4 is 5.73 Å². The van der Waals surface area contributed by atoms with Crippen molar-refractivity contribution in [1.29, 1.82) is 0 Å². The predicted molar refractivity (Wildman–Crippen MR) is 54.8 cm³/mol. The molecule has 0 atom stereocenters. The molecule has 0 spiro atoms. The van der Waals surface area contributed by atoms with E-state index >= 15 is 0 Å². The summed E-state index contributed by atoms with van der Waals surface area (Å²) in [4.78, 5) is 10.9. The summed E-state index contributed by atoms with van der Waals surface area (Å²) in [6.07, 6.45) is 2.21. The molecule has 1 amide bonds. The Bertz CT molecular complexity index is 352. The number of rotatable bonds is 3. The molecule has 74 valence electrons. The van der Waals surface area contributed by atoms with Crippen LogP contribution in [-0.2, 0) is 11.2 Å². The second kappa shape index (κ2) is 4.46. The summed E-state index contributed by atoms with van der Waals surface area (Å²) in [6.45, 7) is 1.78. The van der Waals surface area contributed by atoms with E-state index in [0.29, 0.717) is 12.0 Å². The lowest BCUT2D eigenvalue weighted by Crippen LogP contribution is -2.15. The van der Waals surface area contributed by atoms with Crippen molar-refractivity contribution in [3.05, 3.63) is 41.5 Å². The highest BCUT2D eigenvalue weighted by atomic mass is 16.3. The van der Waals surface area contributed by atoms with E-state index in [0.717, 1.165) is 5.56 Å². The standard InChI is InChI=1S/C11H13NO2/c1-2-9(11(12)14)7-8-3-5-10(13)6-4-8/h2-6,13H,7H2,1H3,(H2,12,14). The first kappa shape index (κ1) is 10.3. The zero-order chi connectivity index (χ0) is 10.6. The molecule has 3 N–H and O–H groups in total. The molecule has 0 radical (unpaired) electrons. The predicted octanol–water partition coefficient (Wildman–Crippen LogP) is 1.37. The number of benzene rings is 1. The van der Waals surface area contributed by atoms with Gasteiger partial charge in [-0.05, 0) is 24.6 Å². The molecule has 1 aromatic rings. The molecule has 0 saturated carbocycles. The molecule has 0 saturated heterocycles. The Kier molecular flexibility index (Phi) is 3.29. The van der Waals surface area contributed by atoms with Gasteiger partial charge >= 0.3 is 0 Å². The van der Waals surface area contributed by atoms with Crippen molar-refractivity contribution in [2.45, 2.75) is 13.3 Å². The van der Waals surface area contributed by atoms with Gasteiger partial charge in [0.2, 0.25) is 5.91 Å². The van der Waals surface area contributed by atoms with E-state index < -0.39 is 5.91 Å². The van der Waals surface area contributed by atoms with Gasteiger partial charge in [-0.1, -0.05) is 18.2 Å². The molecular formula is C11H13NO2.